The molecule has 0 bridgehead atoms. The van der Waals surface area contributed by atoms with Crippen molar-refractivity contribution in [2.24, 2.45) is 0 Å². The quantitative estimate of drug-likeness (QED) is 0.645. The Labute approximate surface area is 166 Å². The van der Waals surface area contributed by atoms with Crippen LogP contribution in [0.4, 0.5) is 5.69 Å². The molecule has 2 heterocycles. The number of rotatable bonds is 5. The van der Waals surface area contributed by atoms with Gasteiger partial charge in [-0.2, -0.15) is 0 Å². The van der Waals surface area contributed by atoms with Crippen LogP contribution in [0.1, 0.15) is 24.7 Å². The monoisotopic (exact) mass is 381 g/mol. The molecule has 0 spiro atoms. The maximum Gasteiger partial charge on any atom is 0.266 e. The van der Waals surface area contributed by atoms with Crippen molar-refractivity contribution in [2.45, 2.75) is 39.3 Å². The predicted molar refractivity (Wildman–Crippen MR) is 103 cm³/mol. The van der Waals surface area contributed by atoms with Crippen LogP contribution in [0.15, 0.2) is 60.8 Å². The van der Waals surface area contributed by atoms with Crippen molar-refractivity contribution in [3.63, 3.8) is 0 Å². The maximum atomic E-state index is 12.5. The Morgan fingerprint density at radius 2 is 1.85 bits per heavy atom. The first-order valence-electron chi connectivity index (χ1n) is 9.30. The molecule has 4 nitrogen and oxygen atoms in total. The summed E-state index contributed by atoms with van der Waals surface area (Å²) in [6, 6.07) is 18.5. The fourth-order valence-corrected chi connectivity index (χ4v) is 3.66. The van der Waals surface area contributed by atoms with Crippen LogP contribution >= 0.6 is 0 Å². The van der Waals surface area contributed by atoms with Gasteiger partial charge in [-0.05, 0) is 30.5 Å². The van der Waals surface area contributed by atoms with Crippen molar-refractivity contribution >= 4 is 11.6 Å². The number of amides is 1. The van der Waals surface area contributed by atoms with Crippen LogP contribution in [0.5, 0.6) is 0 Å². The number of anilines is 1. The van der Waals surface area contributed by atoms with E-state index in [0.717, 1.165) is 31.5 Å². The largest absolute Gasteiger partial charge is 1.00 e. The Morgan fingerprint density at radius 3 is 2.56 bits per heavy atom. The summed E-state index contributed by atoms with van der Waals surface area (Å²) in [4.78, 5) is 12.5. The lowest BCUT2D eigenvalue weighted by Gasteiger charge is -2.05. The van der Waals surface area contributed by atoms with Crippen LogP contribution in [-0.4, -0.2) is 10.5 Å². The van der Waals surface area contributed by atoms with E-state index in [-0.39, 0.29) is 18.3 Å². The molecular formula is C22H24ClN3O. The molecule has 5 heteroatoms. The topological polar surface area (TPSA) is 37.9 Å². The van der Waals surface area contributed by atoms with Gasteiger partial charge in [0.25, 0.3) is 11.7 Å². The first kappa shape index (κ1) is 19.2. The highest BCUT2D eigenvalue weighted by molar-refractivity contribution is 5.89. The molecule has 1 aliphatic rings. The predicted octanol–water partition coefficient (Wildman–Crippen LogP) is 0.594. The van der Waals surface area contributed by atoms with Gasteiger partial charge in [0, 0.05) is 11.3 Å². The molecule has 1 N–H and O–H groups in total. The van der Waals surface area contributed by atoms with E-state index in [9.17, 15) is 4.79 Å². The summed E-state index contributed by atoms with van der Waals surface area (Å²) in [5.74, 6) is 1.25. The van der Waals surface area contributed by atoms with Gasteiger partial charge in [-0.1, -0.05) is 49.4 Å². The van der Waals surface area contributed by atoms with Gasteiger partial charge in [0.2, 0.25) is 0 Å². The number of hydrogen-bond donors (Lipinski definition) is 1. The molecule has 1 amide bonds. The summed E-state index contributed by atoms with van der Waals surface area (Å²) in [5.41, 5.74) is 4.52. The summed E-state index contributed by atoms with van der Waals surface area (Å²) in [5, 5.41) is 3.01. The van der Waals surface area contributed by atoms with Crippen LogP contribution in [-0.2, 0) is 30.7 Å². The number of halogens is 1. The van der Waals surface area contributed by atoms with Gasteiger partial charge in [-0.3, -0.25) is 4.79 Å². The molecule has 3 aromatic rings. The Balaban J connectivity index is 0.00000210. The lowest BCUT2D eigenvalue weighted by atomic mass is 10.1. The minimum Gasteiger partial charge on any atom is -1.00 e. The zero-order chi connectivity index (χ0) is 17.9. The molecule has 27 heavy (non-hydrogen) atoms. The molecule has 0 aliphatic carbocycles. The number of imidazole rings is 1. The summed E-state index contributed by atoms with van der Waals surface area (Å²) in [6.07, 6.45) is 5.27. The third-order valence-electron chi connectivity index (χ3n) is 5.02. The van der Waals surface area contributed by atoms with Gasteiger partial charge in [-0.15, -0.1) is 0 Å². The number of nitrogens with zero attached hydrogens (tertiary/aromatic N) is 2. The fourth-order valence-electron chi connectivity index (χ4n) is 3.66. The van der Waals surface area contributed by atoms with Crippen LogP contribution < -0.4 is 22.3 Å². The maximum absolute atomic E-state index is 12.5. The number of aryl methyl sites for hydroxylation is 1. The van der Waals surface area contributed by atoms with Crippen molar-refractivity contribution < 1.29 is 21.8 Å². The minimum atomic E-state index is 0. The number of hydrogen-bond acceptors (Lipinski definition) is 1. The molecule has 0 radical (unpaired) electrons. The number of benzene rings is 2. The number of aromatic nitrogens is 2. The van der Waals surface area contributed by atoms with E-state index in [1.54, 1.807) is 0 Å². The van der Waals surface area contributed by atoms with E-state index in [2.05, 4.69) is 64.0 Å². The molecule has 140 valence electrons. The average Bonchev–Trinajstić information content (AvgIpc) is 3.27. The Morgan fingerprint density at radius 1 is 1.11 bits per heavy atom. The van der Waals surface area contributed by atoms with Crippen molar-refractivity contribution in [3.8, 4) is 11.3 Å². The fraction of sp³-hybridized carbons (Fsp3) is 0.273. The van der Waals surface area contributed by atoms with E-state index < -0.39 is 0 Å². The van der Waals surface area contributed by atoms with Gasteiger partial charge in [0.15, 0.2) is 12.2 Å². The lowest BCUT2D eigenvalue weighted by molar-refractivity contribution is -0.690. The summed E-state index contributed by atoms with van der Waals surface area (Å²) < 4.78 is 4.45. The number of carbonyl (C=O) groups is 1. The normalized spacial score (nSPS) is 12.3. The van der Waals surface area contributed by atoms with Crippen LogP contribution in [0.2, 0.25) is 0 Å². The zero-order valence-electron chi connectivity index (χ0n) is 15.5. The summed E-state index contributed by atoms with van der Waals surface area (Å²) in [7, 11) is 0. The van der Waals surface area contributed by atoms with Crippen LogP contribution in [0.25, 0.3) is 11.3 Å². The van der Waals surface area contributed by atoms with Crippen molar-refractivity contribution in [1.82, 2.24) is 4.57 Å². The van der Waals surface area contributed by atoms with Gasteiger partial charge < -0.3 is 17.7 Å². The van der Waals surface area contributed by atoms with E-state index >= 15 is 0 Å². The first-order valence-corrected chi connectivity index (χ1v) is 9.30. The minimum absolute atomic E-state index is 0. The average molecular weight is 382 g/mol. The molecule has 0 fully saturated rings. The third kappa shape index (κ3) is 4.06. The highest BCUT2D eigenvalue weighted by Crippen LogP contribution is 2.24. The second-order valence-electron chi connectivity index (χ2n) is 6.78. The number of carbonyl (C=O) groups excluding carboxylic acids is 1. The zero-order valence-corrected chi connectivity index (χ0v) is 16.2. The van der Waals surface area contributed by atoms with Gasteiger partial charge in [0.1, 0.15) is 6.20 Å². The molecule has 0 unspecified atom stereocenters. The SMILES string of the molecule is CCc1ccc(NC(=O)C[n+]2cc(-c3ccccc3)n3c2CCC3)cc1.[Cl-]. The lowest BCUT2D eigenvalue weighted by Crippen LogP contribution is -3.00. The van der Waals surface area contributed by atoms with Crippen LogP contribution in [0.3, 0.4) is 0 Å². The molecule has 1 aliphatic heterocycles. The van der Waals surface area contributed by atoms with Crippen molar-refractivity contribution in [1.29, 1.82) is 0 Å². The van der Waals surface area contributed by atoms with E-state index in [0.29, 0.717) is 6.54 Å². The van der Waals surface area contributed by atoms with Gasteiger partial charge in [-0.25, -0.2) is 9.13 Å². The standard InChI is InChI=1S/C22H23N3O.ClH/c1-2-17-10-12-19(13-11-17)23-21(26)16-24-15-20(18-7-4-3-5-8-18)25-14-6-9-22(24)25;/h3-5,7-8,10-13,15H,2,6,9,14,16H2,1H3;1H. The van der Waals surface area contributed by atoms with Crippen LogP contribution in [0, 0.1) is 0 Å². The second kappa shape index (κ2) is 8.40. The second-order valence-corrected chi connectivity index (χ2v) is 6.78. The Hall–Kier alpha value is -2.59. The molecule has 0 saturated heterocycles. The Kier molecular flexibility index (Phi) is 5.97. The summed E-state index contributed by atoms with van der Waals surface area (Å²) >= 11 is 0. The van der Waals surface area contributed by atoms with Gasteiger partial charge in [0.05, 0.1) is 13.0 Å². The number of nitrogens with one attached hydrogen (secondary N) is 1. The first-order chi connectivity index (χ1) is 12.7. The molecule has 0 atom stereocenters. The molecule has 0 saturated carbocycles. The molecule has 1 aromatic heterocycles. The molecule has 2 aromatic carbocycles. The van der Waals surface area contributed by atoms with Crippen molar-refractivity contribution in [2.75, 3.05) is 5.32 Å². The van der Waals surface area contributed by atoms with Gasteiger partial charge >= 0.3 is 0 Å². The Bertz CT molecular complexity index is 917. The van der Waals surface area contributed by atoms with Crippen molar-refractivity contribution in [3.05, 3.63) is 72.2 Å². The van der Waals surface area contributed by atoms with E-state index in [1.165, 1.54) is 22.6 Å². The smallest absolute Gasteiger partial charge is 0.266 e. The van der Waals surface area contributed by atoms with E-state index in [1.807, 2.05) is 18.2 Å². The number of fused-ring (bicyclic) bond motifs is 1. The highest BCUT2D eigenvalue weighted by Gasteiger charge is 2.29. The molecular weight excluding hydrogens is 358 g/mol. The summed E-state index contributed by atoms with van der Waals surface area (Å²) in [6.45, 7) is 3.49. The van der Waals surface area contributed by atoms with E-state index in [4.69, 9.17) is 0 Å². The highest BCUT2D eigenvalue weighted by atomic mass is 35.5. The third-order valence-corrected chi connectivity index (χ3v) is 5.02. The molecule has 4 rings (SSSR count).